The first kappa shape index (κ1) is 16.1. The molecule has 0 spiro atoms. The number of rotatable bonds is 3. The van der Waals surface area contributed by atoms with Gasteiger partial charge in [0.25, 0.3) is 0 Å². The van der Waals surface area contributed by atoms with Gasteiger partial charge in [0.05, 0.1) is 18.2 Å². The Labute approximate surface area is 148 Å². The highest BCUT2D eigenvalue weighted by atomic mass is 16.2. The van der Waals surface area contributed by atoms with Gasteiger partial charge in [0.15, 0.2) is 0 Å². The average molecular weight is 339 g/mol. The molecule has 4 heterocycles. The van der Waals surface area contributed by atoms with E-state index in [0.717, 1.165) is 56.7 Å². The first-order chi connectivity index (χ1) is 12.2. The topological polar surface area (TPSA) is 54.3 Å². The number of likely N-dealkylation sites (tertiary alicyclic amines) is 1. The van der Waals surface area contributed by atoms with Gasteiger partial charge in [-0.05, 0) is 37.8 Å². The number of hydrogen-bond acceptors (Lipinski definition) is 4. The molecule has 6 heteroatoms. The molecule has 0 saturated carbocycles. The van der Waals surface area contributed by atoms with E-state index in [4.69, 9.17) is 0 Å². The van der Waals surface area contributed by atoms with Gasteiger partial charge in [0, 0.05) is 44.6 Å². The summed E-state index contributed by atoms with van der Waals surface area (Å²) in [5.74, 6) is 1.34. The molecule has 0 N–H and O–H groups in total. The summed E-state index contributed by atoms with van der Waals surface area (Å²) < 4.78 is 1.82. The number of pyridine rings is 1. The summed E-state index contributed by atoms with van der Waals surface area (Å²) in [6.07, 6.45) is 9.88. The Hall–Kier alpha value is -2.37. The van der Waals surface area contributed by atoms with Crippen molar-refractivity contribution in [2.45, 2.75) is 31.7 Å². The molecule has 0 unspecified atom stereocenters. The van der Waals surface area contributed by atoms with Crippen LogP contribution in [0, 0.1) is 5.92 Å². The molecular weight excluding hydrogens is 314 g/mol. The number of aromatic nitrogens is 3. The van der Waals surface area contributed by atoms with E-state index in [0.29, 0.717) is 5.91 Å². The van der Waals surface area contributed by atoms with Crippen molar-refractivity contribution in [3.63, 3.8) is 0 Å². The Morgan fingerprint density at radius 3 is 2.84 bits per heavy atom. The zero-order valence-corrected chi connectivity index (χ0v) is 14.7. The van der Waals surface area contributed by atoms with Crippen LogP contribution in [0.5, 0.6) is 0 Å². The second-order valence-corrected chi connectivity index (χ2v) is 7.11. The molecule has 0 bridgehead atoms. The monoisotopic (exact) mass is 339 g/mol. The van der Waals surface area contributed by atoms with Gasteiger partial charge in [-0.15, -0.1) is 0 Å². The summed E-state index contributed by atoms with van der Waals surface area (Å²) in [7, 11) is 1.93. The Morgan fingerprint density at radius 1 is 1.20 bits per heavy atom. The predicted octanol–water partition coefficient (Wildman–Crippen LogP) is 2.40. The highest BCUT2D eigenvalue weighted by Gasteiger charge is 2.36. The SMILES string of the molecule is Cn1cc([C@H]2CCCN2C(=O)[C@@H]2CCCN(c3ccccn3)C2)cn1. The van der Waals surface area contributed by atoms with Crippen LogP contribution in [-0.4, -0.2) is 45.2 Å². The molecule has 2 saturated heterocycles. The van der Waals surface area contributed by atoms with Gasteiger partial charge in [-0.25, -0.2) is 4.98 Å². The summed E-state index contributed by atoms with van der Waals surface area (Å²) in [5.41, 5.74) is 1.16. The number of carbonyl (C=O) groups excluding carboxylic acids is 1. The first-order valence-electron chi connectivity index (χ1n) is 9.17. The van der Waals surface area contributed by atoms with Crippen molar-refractivity contribution in [1.29, 1.82) is 0 Å². The van der Waals surface area contributed by atoms with Crippen molar-refractivity contribution in [3.05, 3.63) is 42.4 Å². The summed E-state index contributed by atoms with van der Waals surface area (Å²) >= 11 is 0. The van der Waals surface area contributed by atoms with Crippen molar-refractivity contribution >= 4 is 11.7 Å². The fraction of sp³-hybridized carbons (Fsp3) is 0.526. The van der Waals surface area contributed by atoms with Gasteiger partial charge in [-0.1, -0.05) is 6.07 Å². The third-order valence-electron chi connectivity index (χ3n) is 5.39. The van der Waals surface area contributed by atoms with E-state index in [9.17, 15) is 4.79 Å². The van der Waals surface area contributed by atoms with Crippen LogP contribution in [-0.2, 0) is 11.8 Å². The van der Waals surface area contributed by atoms with Gasteiger partial charge < -0.3 is 9.80 Å². The largest absolute Gasteiger partial charge is 0.356 e. The number of anilines is 1. The van der Waals surface area contributed by atoms with Crippen molar-refractivity contribution < 1.29 is 4.79 Å². The fourth-order valence-electron chi connectivity index (χ4n) is 4.15. The van der Waals surface area contributed by atoms with E-state index < -0.39 is 0 Å². The van der Waals surface area contributed by atoms with Crippen LogP contribution in [0.3, 0.4) is 0 Å². The van der Waals surface area contributed by atoms with Crippen LogP contribution in [0.4, 0.5) is 5.82 Å². The molecular formula is C19H25N5O. The molecule has 0 aromatic carbocycles. The number of carbonyl (C=O) groups is 1. The van der Waals surface area contributed by atoms with Crippen LogP contribution in [0.15, 0.2) is 36.8 Å². The van der Waals surface area contributed by atoms with Gasteiger partial charge in [0.2, 0.25) is 5.91 Å². The lowest BCUT2D eigenvalue weighted by molar-refractivity contribution is -0.136. The molecule has 2 fully saturated rings. The summed E-state index contributed by atoms with van der Waals surface area (Å²) in [5, 5.41) is 4.28. The maximum Gasteiger partial charge on any atom is 0.227 e. The summed E-state index contributed by atoms with van der Waals surface area (Å²) in [4.78, 5) is 22.0. The highest BCUT2D eigenvalue weighted by molar-refractivity contribution is 5.80. The Balaban J connectivity index is 1.48. The Kier molecular flexibility index (Phi) is 4.42. The summed E-state index contributed by atoms with van der Waals surface area (Å²) in [6, 6.07) is 6.15. The molecule has 2 aliphatic heterocycles. The minimum absolute atomic E-state index is 0.0630. The van der Waals surface area contributed by atoms with Crippen LogP contribution < -0.4 is 4.90 Å². The van der Waals surface area contributed by atoms with Crippen molar-refractivity contribution in [2.24, 2.45) is 13.0 Å². The molecule has 2 aromatic heterocycles. The van der Waals surface area contributed by atoms with Crippen LogP contribution in [0.25, 0.3) is 0 Å². The number of aryl methyl sites for hydroxylation is 1. The van der Waals surface area contributed by atoms with Crippen molar-refractivity contribution in [1.82, 2.24) is 19.7 Å². The predicted molar refractivity (Wildman–Crippen MR) is 96.1 cm³/mol. The minimum Gasteiger partial charge on any atom is -0.356 e. The number of piperidine rings is 1. The zero-order valence-electron chi connectivity index (χ0n) is 14.7. The molecule has 2 aromatic rings. The maximum atomic E-state index is 13.2. The lowest BCUT2D eigenvalue weighted by Crippen LogP contribution is -2.45. The summed E-state index contributed by atoms with van der Waals surface area (Å²) in [6.45, 7) is 2.61. The molecule has 25 heavy (non-hydrogen) atoms. The number of hydrogen-bond donors (Lipinski definition) is 0. The lowest BCUT2D eigenvalue weighted by atomic mass is 9.95. The van der Waals surface area contributed by atoms with E-state index in [-0.39, 0.29) is 12.0 Å². The lowest BCUT2D eigenvalue weighted by Gasteiger charge is -2.36. The number of amides is 1. The second kappa shape index (κ2) is 6.86. The molecule has 4 rings (SSSR count). The molecule has 2 atom stereocenters. The quantitative estimate of drug-likeness (QED) is 0.862. The first-order valence-corrected chi connectivity index (χ1v) is 9.17. The molecule has 132 valence electrons. The molecule has 1 amide bonds. The standard InChI is InChI=1S/C19H25N5O/c1-22-13-16(12-21-22)17-7-5-11-24(17)19(25)15-6-4-10-23(14-15)18-8-2-3-9-20-18/h2-3,8-9,12-13,15,17H,4-7,10-11,14H2,1H3/t15-,17-/m1/s1. The van der Waals surface area contributed by atoms with Crippen LogP contribution in [0.2, 0.25) is 0 Å². The van der Waals surface area contributed by atoms with Gasteiger partial charge in [-0.3, -0.25) is 9.48 Å². The third kappa shape index (κ3) is 3.25. The molecule has 6 nitrogen and oxygen atoms in total. The van der Waals surface area contributed by atoms with E-state index >= 15 is 0 Å². The van der Waals surface area contributed by atoms with E-state index in [1.807, 2.05) is 48.5 Å². The van der Waals surface area contributed by atoms with E-state index in [2.05, 4.69) is 19.9 Å². The molecule has 0 radical (unpaired) electrons. The normalized spacial score (nSPS) is 23.9. The van der Waals surface area contributed by atoms with Gasteiger partial charge in [0.1, 0.15) is 5.82 Å². The Morgan fingerprint density at radius 2 is 2.08 bits per heavy atom. The van der Waals surface area contributed by atoms with Crippen LogP contribution in [0.1, 0.15) is 37.3 Å². The maximum absolute atomic E-state index is 13.2. The smallest absolute Gasteiger partial charge is 0.227 e. The van der Waals surface area contributed by atoms with E-state index in [1.54, 1.807) is 0 Å². The average Bonchev–Trinajstić information content (AvgIpc) is 3.30. The molecule has 2 aliphatic rings. The fourth-order valence-corrected chi connectivity index (χ4v) is 4.15. The van der Waals surface area contributed by atoms with Crippen molar-refractivity contribution in [2.75, 3.05) is 24.5 Å². The molecule has 0 aliphatic carbocycles. The second-order valence-electron chi connectivity index (χ2n) is 7.11. The van der Waals surface area contributed by atoms with Crippen molar-refractivity contribution in [3.8, 4) is 0 Å². The highest BCUT2D eigenvalue weighted by Crippen LogP contribution is 2.34. The third-order valence-corrected chi connectivity index (χ3v) is 5.39. The minimum atomic E-state index is 0.0630. The van der Waals surface area contributed by atoms with E-state index in [1.165, 1.54) is 0 Å². The van der Waals surface area contributed by atoms with Crippen LogP contribution >= 0.6 is 0 Å². The van der Waals surface area contributed by atoms with Gasteiger partial charge >= 0.3 is 0 Å². The number of nitrogens with zero attached hydrogens (tertiary/aromatic N) is 5. The zero-order chi connectivity index (χ0) is 17.2. The van der Waals surface area contributed by atoms with Gasteiger partial charge in [-0.2, -0.15) is 5.10 Å². The Bertz CT molecular complexity index is 728.